The largest absolute Gasteiger partial charge is 0.369 e. The van der Waals surface area contributed by atoms with Gasteiger partial charge < -0.3 is 4.90 Å². The molecule has 0 saturated carbocycles. The molecule has 1 fully saturated rings. The van der Waals surface area contributed by atoms with Crippen LogP contribution in [0.1, 0.15) is 25.0 Å². The summed E-state index contributed by atoms with van der Waals surface area (Å²) in [5.41, 5.74) is 4.42. The topological polar surface area (TPSA) is 9.72 Å². The molecule has 0 atom stereocenters. The van der Waals surface area contributed by atoms with E-state index < -0.39 is 0 Å². The maximum Gasteiger partial charge on any atom is 0.0370 e. The zero-order valence-corrected chi connectivity index (χ0v) is 13.9. The number of hydrogen-bond donors (Lipinski definition) is 0. The van der Waals surface area contributed by atoms with E-state index in [1.54, 1.807) is 0 Å². The third-order valence-electron chi connectivity index (χ3n) is 4.28. The molecule has 1 aromatic rings. The SMILES string of the molecule is CC(C)N1CCN(c2ccc3c(c2)CN(I)C3)CC1. The summed E-state index contributed by atoms with van der Waals surface area (Å²) in [6.45, 7) is 11.5. The first-order valence-corrected chi connectivity index (χ1v) is 8.11. The predicted octanol–water partition coefficient (Wildman–Crippen LogP) is 2.88. The van der Waals surface area contributed by atoms with Gasteiger partial charge in [-0.15, -0.1) is 0 Å². The van der Waals surface area contributed by atoms with Crippen molar-refractivity contribution in [2.45, 2.75) is 33.0 Å². The Morgan fingerprint density at radius 1 is 1.00 bits per heavy atom. The Hall–Kier alpha value is -0.330. The molecule has 0 radical (unpaired) electrons. The van der Waals surface area contributed by atoms with Crippen molar-refractivity contribution >= 4 is 28.6 Å². The molecule has 0 spiro atoms. The van der Waals surface area contributed by atoms with Gasteiger partial charge in [-0.1, -0.05) is 6.07 Å². The van der Waals surface area contributed by atoms with Crippen LogP contribution in [0.5, 0.6) is 0 Å². The van der Waals surface area contributed by atoms with E-state index in [0.717, 1.165) is 26.2 Å². The van der Waals surface area contributed by atoms with Gasteiger partial charge >= 0.3 is 0 Å². The lowest BCUT2D eigenvalue weighted by atomic mass is 10.1. The zero-order valence-electron chi connectivity index (χ0n) is 11.8. The molecular weight excluding hydrogens is 349 g/mol. The molecule has 1 saturated heterocycles. The first-order chi connectivity index (χ1) is 9.13. The van der Waals surface area contributed by atoms with Gasteiger partial charge in [0.25, 0.3) is 0 Å². The monoisotopic (exact) mass is 371 g/mol. The number of hydrogen-bond acceptors (Lipinski definition) is 3. The number of nitrogens with zero attached hydrogens (tertiary/aromatic N) is 3. The van der Waals surface area contributed by atoms with Crippen LogP contribution in [0.15, 0.2) is 18.2 Å². The Morgan fingerprint density at radius 3 is 2.37 bits per heavy atom. The molecule has 104 valence electrons. The highest BCUT2D eigenvalue weighted by Gasteiger charge is 2.21. The molecule has 1 aromatic carbocycles. The lowest BCUT2D eigenvalue weighted by Gasteiger charge is -2.38. The maximum absolute atomic E-state index is 2.57. The van der Waals surface area contributed by atoms with Gasteiger partial charge in [0.1, 0.15) is 0 Å². The number of fused-ring (bicyclic) bond motifs is 1. The smallest absolute Gasteiger partial charge is 0.0370 e. The molecule has 0 bridgehead atoms. The molecule has 0 aromatic heterocycles. The van der Waals surface area contributed by atoms with Crippen LogP contribution in [0.2, 0.25) is 0 Å². The molecule has 0 amide bonds. The van der Waals surface area contributed by atoms with Gasteiger partial charge in [0.15, 0.2) is 0 Å². The summed E-state index contributed by atoms with van der Waals surface area (Å²) in [4.78, 5) is 5.10. The fourth-order valence-corrected chi connectivity index (χ4v) is 3.77. The number of halogens is 1. The molecule has 4 heteroatoms. The summed E-state index contributed by atoms with van der Waals surface area (Å²) in [5, 5.41) is 0. The van der Waals surface area contributed by atoms with Gasteiger partial charge in [0, 0.05) is 73.9 Å². The first kappa shape index (κ1) is 13.6. The molecule has 2 heterocycles. The highest BCUT2D eigenvalue weighted by Crippen LogP contribution is 2.29. The van der Waals surface area contributed by atoms with Crippen molar-refractivity contribution < 1.29 is 0 Å². The normalized spacial score (nSPS) is 21.2. The van der Waals surface area contributed by atoms with Gasteiger partial charge in [-0.25, -0.2) is 3.11 Å². The van der Waals surface area contributed by atoms with E-state index in [1.807, 2.05) is 0 Å². The van der Waals surface area contributed by atoms with E-state index in [2.05, 4.69) is 67.8 Å². The zero-order chi connectivity index (χ0) is 13.4. The van der Waals surface area contributed by atoms with Crippen molar-refractivity contribution in [1.82, 2.24) is 8.01 Å². The maximum atomic E-state index is 2.57. The van der Waals surface area contributed by atoms with Crippen molar-refractivity contribution in [3.05, 3.63) is 29.3 Å². The van der Waals surface area contributed by atoms with E-state index in [1.165, 1.54) is 29.9 Å². The Balaban J connectivity index is 1.69. The van der Waals surface area contributed by atoms with Crippen molar-refractivity contribution in [2.75, 3.05) is 31.1 Å². The fourth-order valence-electron chi connectivity index (χ4n) is 3.03. The second kappa shape index (κ2) is 5.58. The molecular formula is C15H22IN3. The van der Waals surface area contributed by atoms with Crippen LogP contribution in [-0.4, -0.2) is 40.2 Å². The second-order valence-electron chi connectivity index (χ2n) is 5.85. The van der Waals surface area contributed by atoms with Crippen LogP contribution in [0, 0.1) is 0 Å². The van der Waals surface area contributed by atoms with E-state index in [-0.39, 0.29) is 0 Å². The van der Waals surface area contributed by atoms with E-state index >= 15 is 0 Å². The van der Waals surface area contributed by atoms with E-state index in [9.17, 15) is 0 Å². The van der Waals surface area contributed by atoms with E-state index in [0.29, 0.717) is 6.04 Å². The Kier molecular flexibility index (Phi) is 4.01. The quantitative estimate of drug-likeness (QED) is 0.585. The van der Waals surface area contributed by atoms with Crippen LogP contribution in [-0.2, 0) is 13.1 Å². The predicted molar refractivity (Wildman–Crippen MR) is 88.6 cm³/mol. The molecule has 2 aliphatic heterocycles. The number of anilines is 1. The fraction of sp³-hybridized carbons (Fsp3) is 0.600. The van der Waals surface area contributed by atoms with Gasteiger partial charge in [-0.2, -0.15) is 0 Å². The average molecular weight is 371 g/mol. The minimum absolute atomic E-state index is 0.676. The lowest BCUT2D eigenvalue weighted by molar-refractivity contribution is 0.209. The van der Waals surface area contributed by atoms with E-state index in [4.69, 9.17) is 0 Å². The highest BCUT2D eigenvalue weighted by molar-refractivity contribution is 14.1. The molecule has 0 unspecified atom stereocenters. The van der Waals surface area contributed by atoms with Gasteiger partial charge in [-0.3, -0.25) is 4.90 Å². The Labute approximate surface area is 130 Å². The summed E-state index contributed by atoms with van der Waals surface area (Å²) in [5.74, 6) is 0. The minimum Gasteiger partial charge on any atom is -0.369 e. The van der Waals surface area contributed by atoms with Gasteiger partial charge in [-0.05, 0) is 37.1 Å². The standard InChI is InChI=1S/C15H22IN3/c1-12(2)17-5-7-18(8-6-17)15-4-3-13-10-19(16)11-14(13)9-15/h3-4,9,12H,5-8,10-11H2,1-2H3. The van der Waals surface area contributed by atoms with Crippen molar-refractivity contribution in [1.29, 1.82) is 0 Å². The van der Waals surface area contributed by atoms with Gasteiger partial charge in [0.2, 0.25) is 0 Å². The Bertz CT molecular complexity index is 453. The van der Waals surface area contributed by atoms with Crippen molar-refractivity contribution in [2.24, 2.45) is 0 Å². The molecule has 2 aliphatic rings. The number of piperazine rings is 1. The summed E-state index contributed by atoms with van der Waals surface area (Å²) >= 11 is 2.42. The minimum atomic E-state index is 0.676. The summed E-state index contributed by atoms with van der Waals surface area (Å²) < 4.78 is 2.35. The van der Waals surface area contributed by atoms with Gasteiger partial charge in [0.05, 0.1) is 0 Å². The van der Waals surface area contributed by atoms with Crippen LogP contribution < -0.4 is 4.90 Å². The number of rotatable bonds is 2. The summed E-state index contributed by atoms with van der Waals surface area (Å²) in [6.07, 6.45) is 0. The summed E-state index contributed by atoms with van der Waals surface area (Å²) in [6, 6.07) is 7.70. The highest BCUT2D eigenvalue weighted by atomic mass is 127. The molecule has 19 heavy (non-hydrogen) atoms. The van der Waals surface area contributed by atoms with Crippen LogP contribution in [0.4, 0.5) is 5.69 Å². The van der Waals surface area contributed by atoms with Crippen LogP contribution in [0.25, 0.3) is 0 Å². The second-order valence-corrected chi connectivity index (χ2v) is 7.21. The van der Waals surface area contributed by atoms with Crippen molar-refractivity contribution in [3.63, 3.8) is 0 Å². The summed E-state index contributed by atoms with van der Waals surface area (Å²) in [7, 11) is 0. The molecule has 0 aliphatic carbocycles. The average Bonchev–Trinajstić information content (AvgIpc) is 2.77. The Morgan fingerprint density at radius 2 is 1.68 bits per heavy atom. The third-order valence-corrected chi connectivity index (χ3v) is 4.97. The van der Waals surface area contributed by atoms with Crippen LogP contribution in [0.3, 0.4) is 0 Å². The third kappa shape index (κ3) is 2.90. The number of benzene rings is 1. The molecule has 3 rings (SSSR count). The lowest BCUT2D eigenvalue weighted by Crippen LogP contribution is -2.48. The molecule has 0 N–H and O–H groups in total. The van der Waals surface area contributed by atoms with Crippen molar-refractivity contribution in [3.8, 4) is 0 Å². The van der Waals surface area contributed by atoms with Crippen LogP contribution >= 0.6 is 22.9 Å². The first-order valence-electron chi connectivity index (χ1n) is 7.15. The molecule has 3 nitrogen and oxygen atoms in total.